The van der Waals surface area contributed by atoms with Crippen molar-refractivity contribution in [2.24, 2.45) is 11.5 Å². The monoisotopic (exact) mass is 360 g/mol. The van der Waals surface area contributed by atoms with Gasteiger partial charge in [-0.1, -0.05) is 0 Å². The highest BCUT2D eigenvalue weighted by Crippen LogP contribution is 2.27. The predicted octanol–water partition coefficient (Wildman–Crippen LogP) is -1.84. The highest BCUT2D eigenvalue weighted by atomic mass is 16.9. The normalized spacial score (nSPS) is 15.5. The van der Waals surface area contributed by atoms with Gasteiger partial charge in [0.15, 0.2) is 0 Å². The van der Waals surface area contributed by atoms with Gasteiger partial charge in [0.1, 0.15) is 13.5 Å². The van der Waals surface area contributed by atoms with E-state index in [-0.39, 0.29) is 39.1 Å². The van der Waals surface area contributed by atoms with Crippen LogP contribution in [0.2, 0.25) is 0 Å². The number of amides is 4. The van der Waals surface area contributed by atoms with E-state index in [9.17, 15) is 19.2 Å². The van der Waals surface area contributed by atoms with E-state index in [0.29, 0.717) is 19.4 Å². The van der Waals surface area contributed by atoms with Crippen LogP contribution in [0.1, 0.15) is 38.5 Å². The molecule has 0 aliphatic carbocycles. The second kappa shape index (κ2) is 10.6. The molecule has 1 aliphatic rings. The van der Waals surface area contributed by atoms with Crippen LogP contribution in [0.3, 0.4) is 0 Å². The first-order valence-corrected chi connectivity index (χ1v) is 7.85. The van der Waals surface area contributed by atoms with Crippen LogP contribution in [-0.2, 0) is 33.4 Å². The van der Waals surface area contributed by atoms with Gasteiger partial charge in [-0.3, -0.25) is 19.2 Å². The minimum Gasteiger partial charge on any atom is -0.370 e. The summed E-state index contributed by atoms with van der Waals surface area (Å²) >= 11 is 0. The minimum atomic E-state index is -1.37. The maximum absolute atomic E-state index is 11.5. The third kappa shape index (κ3) is 8.98. The fourth-order valence-corrected chi connectivity index (χ4v) is 1.96. The topological polar surface area (TPSA) is 172 Å². The van der Waals surface area contributed by atoms with Crippen molar-refractivity contribution in [2.45, 2.75) is 44.5 Å². The Morgan fingerprint density at radius 2 is 1.36 bits per heavy atom. The maximum atomic E-state index is 11.5. The second-order valence-electron chi connectivity index (χ2n) is 5.34. The Kier molecular flexibility index (Phi) is 8.81. The fourth-order valence-electron chi connectivity index (χ4n) is 1.96. The molecule has 0 aromatic carbocycles. The molecular formula is C14H24N4O7. The largest absolute Gasteiger partial charge is 0.370 e. The number of hydrogen-bond donors (Lipinski definition) is 4. The summed E-state index contributed by atoms with van der Waals surface area (Å²) in [6.45, 7) is 0.0334. The lowest BCUT2D eigenvalue weighted by Crippen LogP contribution is -2.42. The van der Waals surface area contributed by atoms with E-state index in [0.717, 1.165) is 0 Å². The minimum absolute atomic E-state index is 0.0384. The Labute approximate surface area is 144 Å². The summed E-state index contributed by atoms with van der Waals surface area (Å²) in [7, 11) is 0. The Morgan fingerprint density at radius 1 is 0.880 bits per heavy atom. The number of ether oxygens (including phenoxy) is 3. The highest BCUT2D eigenvalue weighted by molar-refractivity contribution is 5.83. The number of primary amides is 2. The van der Waals surface area contributed by atoms with Crippen molar-refractivity contribution in [2.75, 3.05) is 20.1 Å². The molecule has 11 nitrogen and oxygen atoms in total. The third-order valence-electron chi connectivity index (χ3n) is 3.27. The van der Waals surface area contributed by atoms with Crippen LogP contribution in [0, 0.1) is 0 Å². The van der Waals surface area contributed by atoms with Crippen LogP contribution in [0.15, 0.2) is 0 Å². The van der Waals surface area contributed by atoms with E-state index < -0.39 is 29.6 Å². The van der Waals surface area contributed by atoms with E-state index in [4.69, 9.17) is 25.7 Å². The van der Waals surface area contributed by atoms with Crippen molar-refractivity contribution >= 4 is 23.6 Å². The Morgan fingerprint density at radius 3 is 1.72 bits per heavy atom. The molecule has 0 atom stereocenters. The molecule has 0 unspecified atom stereocenters. The average Bonchev–Trinajstić information content (AvgIpc) is 3.00. The maximum Gasteiger partial charge on any atom is 0.286 e. The van der Waals surface area contributed by atoms with E-state index in [1.165, 1.54) is 0 Å². The number of nitrogens with two attached hydrogens (primary N) is 2. The lowest BCUT2D eigenvalue weighted by atomic mass is 10.3. The zero-order valence-electron chi connectivity index (χ0n) is 13.9. The molecule has 1 saturated heterocycles. The summed E-state index contributed by atoms with van der Waals surface area (Å²) in [6.07, 6.45) is 0.918. The van der Waals surface area contributed by atoms with Gasteiger partial charge in [-0.2, -0.15) is 0 Å². The molecule has 142 valence electrons. The van der Waals surface area contributed by atoms with Gasteiger partial charge in [-0.25, -0.2) is 0 Å². The summed E-state index contributed by atoms with van der Waals surface area (Å²) in [4.78, 5) is 44.2. The van der Waals surface area contributed by atoms with Gasteiger partial charge < -0.3 is 36.3 Å². The summed E-state index contributed by atoms with van der Waals surface area (Å²) in [6, 6.07) is 0. The Hall–Kier alpha value is -2.24. The number of nitrogens with one attached hydrogen (secondary N) is 2. The van der Waals surface area contributed by atoms with E-state index >= 15 is 0 Å². The van der Waals surface area contributed by atoms with Gasteiger partial charge in [-0.05, 0) is 6.42 Å². The number of hydrogen-bond acceptors (Lipinski definition) is 7. The van der Waals surface area contributed by atoms with Crippen LogP contribution < -0.4 is 22.1 Å². The molecular weight excluding hydrogens is 336 g/mol. The Bertz CT molecular complexity index is 454. The SMILES string of the molecule is NC(=O)CCC(=O)NCOC1(OCNC(=O)CCC(N)=O)CCCO1. The van der Waals surface area contributed by atoms with Crippen LogP contribution >= 0.6 is 0 Å². The molecule has 0 radical (unpaired) electrons. The van der Waals surface area contributed by atoms with Gasteiger partial charge in [0.05, 0.1) is 6.61 Å². The standard InChI is InChI=1S/C14H24N4O7/c15-10(19)2-4-12(21)17-8-24-14(6-1-7-23-14)25-9-18-13(22)5-3-11(16)20/h1-9H2,(H2,15,19)(H2,16,20)(H,17,21)(H,18,22). The lowest BCUT2D eigenvalue weighted by molar-refractivity contribution is -0.363. The lowest BCUT2D eigenvalue weighted by Gasteiger charge is -2.28. The molecule has 1 rings (SSSR count). The first kappa shape index (κ1) is 20.8. The van der Waals surface area contributed by atoms with Crippen molar-refractivity contribution in [3.8, 4) is 0 Å². The first-order chi connectivity index (χ1) is 11.8. The molecule has 0 aromatic heterocycles. The summed E-state index contributed by atoms with van der Waals surface area (Å²) in [5, 5.41) is 4.91. The van der Waals surface area contributed by atoms with Crippen LogP contribution in [0.4, 0.5) is 0 Å². The predicted molar refractivity (Wildman–Crippen MR) is 83.0 cm³/mol. The first-order valence-electron chi connectivity index (χ1n) is 7.85. The zero-order valence-corrected chi connectivity index (χ0v) is 13.9. The van der Waals surface area contributed by atoms with Crippen molar-refractivity contribution in [1.29, 1.82) is 0 Å². The molecule has 0 bridgehead atoms. The fraction of sp³-hybridized carbons (Fsp3) is 0.714. The molecule has 6 N–H and O–H groups in total. The molecule has 1 heterocycles. The van der Waals surface area contributed by atoms with E-state index in [1.54, 1.807) is 0 Å². The Balaban J connectivity index is 2.29. The van der Waals surface area contributed by atoms with E-state index in [2.05, 4.69) is 10.6 Å². The molecule has 0 saturated carbocycles. The average molecular weight is 360 g/mol. The molecule has 0 spiro atoms. The number of carbonyl (C=O) groups excluding carboxylic acids is 4. The summed E-state index contributed by atoms with van der Waals surface area (Å²) < 4.78 is 16.3. The zero-order chi connectivity index (χ0) is 18.7. The van der Waals surface area contributed by atoms with Gasteiger partial charge in [-0.15, -0.1) is 0 Å². The van der Waals surface area contributed by atoms with Crippen LogP contribution in [0.5, 0.6) is 0 Å². The number of carbonyl (C=O) groups is 4. The number of rotatable bonds is 12. The third-order valence-corrected chi connectivity index (χ3v) is 3.27. The van der Waals surface area contributed by atoms with Gasteiger partial charge in [0.25, 0.3) is 5.97 Å². The van der Waals surface area contributed by atoms with Gasteiger partial charge >= 0.3 is 0 Å². The molecule has 0 aromatic rings. The molecule has 1 aliphatic heterocycles. The smallest absolute Gasteiger partial charge is 0.286 e. The van der Waals surface area contributed by atoms with Gasteiger partial charge in [0, 0.05) is 32.1 Å². The molecule has 1 fully saturated rings. The second-order valence-corrected chi connectivity index (χ2v) is 5.34. The van der Waals surface area contributed by atoms with Crippen molar-refractivity contribution in [3.63, 3.8) is 0 Å². The molecule has 25 heavy (non-hydrogen) atoms. The molecule has 11 heteroatoms. The van der Waals surface area contributed by atoms with Crippen molar-refractivity contribution in [3.05, 3.63) is 0 Å². The van der Waals surface area contributed by atoms with Crippen molar-refractivity contribution < 1.29 is 33.4 Å². The van der Waals surface area contributed by atoms with Crippen LogP contribution in [-0.4, -0.2) is 49.7 Å². The van der Waals surface area contributed by atoms with Crippen LogP contribution in [0.25, 0.3) is 0 Å². The van der Waals surface area contributed by atoms with Crippen molar-refractivity contribution in [1.82, 2.24) is 10.6 Å². The van der Waals surface area contributed by atoms with E-state index in [1.807, 2.05) is 0 Å². The van der Waals surface area contributed by atoms with Gasteiger partial charge in [0.2, 0.25) is 23.6 Å². The quantitative estimate of drug-likeness (QED) is 0.296. The summed E-state index contributed by atoms with van der Waals surface area (Å²) in [5.74, 6) is -3.30. The molecule has 4 amide bonds. The highest BCUT2D eigenvalue weighted by Gasteiger charge is 2.38. The summed E-state index contributed by atoms with van der Waals surface area (Å²) in [5.41, 5.74) is 9.91.